The molecule has 0 aliphatic rings. The highest BCUT2D eigenvalue weighted by atomic mass is 32.2. The monoisotopic (exact) mass is 275 g/mol. The quantitative estimate of drug-likeness (QED) is 0.905. The van der Waals surface area contributed by atoms with Gasteiger partial charge in [-0.05, 0) is 24.6 Å². The highest BCUT2D eigenvalue weighted by molar-refractivity contribution is 7.99. The molecule has 0 radical (unpaired) electrons. The number of aromatic nitrogens is 1. The Hall–Kier alpha value is -1.55. The normalized spacial score (nSPS) is 12.5. The number of aryl methyl sites for hydroxylation is 1. The largest absolute Gasteiger partial charge is 0.481 e. The zero-order chi connectivity index (χ0) is 13.8. The van der Waals surface area contributed by atoms with Crippen molar-refractivity contribution in [2.75, 3.05) is 0 Å². The standard InChI is InChI=1S/C15H17NO2S/c1-10-7-12(9-19-11(2)8-15(17)18)13-5-3-4-6-14(13)16-10/h3-7,11H,8-9H2,1-2H3,(H,17,18). The van der Waals surface area contributed by atoms with E-state index in [0.29, 0.717) is 0 Å². The Bertz CT molecular complexity index is 598. The van der Waals surface area contributed by atoms with Crippen LogP contribution in [0.15, 0.2) is 30.3 Å². The Labute approximate surface area is 117 Å². The fraction of sp³-hybridized carbons (Fsp3) is 0.333. The minimum absolute atomic E-state index is 0.115. The van der Waals surface area contributed by atoms with E-state index in [9.17, 15) is 4.79 Å². The zero-order valence-electron chi connectivity index (χ0n) is 11.1. The number of hydrogen-bond acceptors (Lipinski definition) is 3. The average Bonchev–Trinajstić information content (AvgIpc) is 2.35. The Morgan fingerprint density at radius 1 is 1.42 bits per heavy atom. The van der Waals surface area contributed by atoms with Crippen LogP contribution < -0.4 is 0 Å². The molecule has 1 aromatic heterocycles. The molecule has 1 heterocycles. The van der Waals surface area contributed by atoms with Crippen LogP contribution >= 0.6 is 11.8 Å². The summed E-state index contributed by atoms with van der Waals surface area (Å²) < 4.78 is 0. The maximum atomic E-state index is 10.7. The molecule has 0 amide bonds. The lowest BCUT2D eigenvalue weighted by atomic mass is 10.1. The Morgan fingerprint density at radius 3 is 2.89 bits per heavy atom. The number of benzene rings is 1. The second kappa shape index (κ2) is 6.06. The number of fused-ring (bicyclic) bond motifs is 1. The number of nitrogens with zero attached hydrogens (tertiary/aromatic N) is 1. The lowest BCUT2D eigenvalue weighted by Gasteiger charge is -2.11. The number of thioether (sulfide) groups is 1. The van der Waals surface area contributed by atoms with E-state index < -0.39 is 5.97 Å². The molecule has 0 bridgehead atoms. The summed E-state index contributed by atoms with van der Waals surface area (Å²) in [5.41, 5.74) is 3.23. The van der Waals surface area contributed by atoms with E-state index in [0.717, 1.165) is 22.3 Å². The zero-order valence-corrected chi connectivity index (χ0v) is 11.9. The van der Waals surface area contributed by atoms with Gasteiger partial charge < -0.3 is 5.11 Å². The van der Waals surface area contributed by atoms with Crippen molar-refractivity contribution in [2.45, 2.75) is 31.3 Å². The van der Waals surface area contributed by atoms with Crippen molar-refractivity contribution in [1.82, 2.24) is 4.98 Å². The van der Waals surface area contributed by atoms with Crippen LogP contribution in [0, 0.1) is 6.92 Å². The maximum absolute atomic E-state index is 10.7. The van der Waals surface area contributed by atoms with Crippen LogP contribution in [0.4, 0.5) is 0 Å². The average molecular weight is 275 g/mol. The first kappa shape index (κ1) is 13.9. The molecule has 1 N–H and O–H groups in total. The van der Waals surface area contributed by atoms with Gasteiger partial charge in [-0.1, -0.05) is 25.1 Å². The predicted octanol–water partition coefficient (Wildman–Crippen LogP) is 3.64. The lowest BCUT2D eigenvalue weighted by Crippen LogP contribution is -2.06. The molecule has 19 heavy (non-hydrogen) atoms. The van der Waals surface area contributed by atoms with E-state index in [2.05, 4.69) is 17.1 Å². The number of carboxylic acid groups (broad SMARTS) is 1. The van der Waals surface area contributed by atoms with Gasteiger partial charge in [0.1, 0.15) is 0 Å². The van der Waals surface area contributed by atoms with Crippen molar-refractivity contribution in [2.24, 2.45) is 0 Å². The molecule has 0 fully saturated rings. The number of hydrogen-bond donors (Lipinski definition) is 1. The van der Waals surface area contributed by atoms with Gasteiger partial charge in [0.2, 0.25) is 0 Å². The first-order valence-electron chi connectivity index (χ1n) is 6.25. The van der Waals surface area contributed by atoms with Gasteiger partial charge in [0.15, 0.2) is 0 Å². The van der Waals surface area contributed by atoms with Crippen molar-refractivity contribution in [3.8, 4) is 0 Å². The van der Waals surface area contributed by atoms with E-state index in [1.807, 2.05) is 32.0 Å². The topological polar surface area (TPSA) is 50.2 Å². The van der Waals surface area contributed by atoms with E-state index in [-0.39, 0.29) is 11.7 Å². The summed E-state index contributed by atoms with van der Waals surface area (Å²) in [5.74, 6) is 0.0777. The molecular weight excluding hydrogens is 258 g/mol. The maximum Gasteiger partial charge on any atom is 0.304 e. The van der Waals surface area contributed by atoms with Gasteiger partial charge in [0.25, 0.3) is 0 Å². The molecule has 0 aliphatic heterocycles. The number of aliphatic carboxylic acids is 1. The van der Waals surface area contributed by atoms with E-state index in [1.54, 1.807) is 11.8 Å². The molecule has 4 heteroatoms. The summed E-state index contributed by atoms with van der Waals surface area (Å²) in [6.07, 6.45) is 0.201. The smallest absolute Gasteiger partial charge is 0.304 e. The summed E-state index contributed by atoms with van der Waals surface area (Å²) in [7, 11) is 0. The second-order valence-corrected chi connectivity index (χ2v) is 6.09. The molecule has 0 saturated heterocycles. The summed E-state index contributed by atoms with van der Waals surface area (Å²) in [6, 6.07) is 10.2. The number of carbonyl (C=O) groups is 1. The number of pyridine rings is 1. The molecule has 2 rings (SSSR count). The minimum Gasteiger partial charge on any atom is -0.481 e. The van der Waals surface area contributed by atoms with Crippen LogP contribution in [0.25, 0.3) is 10.9 Å². The number of rotatable bonds is 5. The first-order valence-corrected chi connectivity index (χ1v) is 7.30. The van der Waals surface area contributed by atoms with Gasteiger partial charge in [0.05, 0.1) is 11.9 Å². The third-order valence-corrected chi connectivity index (χ3v) is 4.13. The molecule has 3 nitrogen and oxygen atoms in total. The Balaban J connectivity index is 2.18. The fourth-order valence-corrected chi connectivity index (χ4v) is 3.01. The molecular formula is C15H17NO2S. The molecule has 1 aromatic carbocycles. The highest BCUT2D eigenvalue weighted by Gasteiger charge is 2.10. The molecule has 100 valence electrons. The third-order valence-electron chi connectivity index (χ3n) is 2.92. The van der Waals surface area contributed by atoms with Crippen LogP contribution in [0.3, 0.4) is 0 Å². The Kier molecular flexibility index (Phi) is 4.43. The molecule has 1 unspecified atom stereocenters. The van der Waals surface area contributed by atoms with Crippen molar-refractivity contribution in [1.29, 1.82) is 0 Å². The van der Waals surface area contributed by atoms with Gasteiger partial charge in [-0.25, -0.2) is 0 Å². The molecule has 0 spiro atoms. The predicted molar refractivity (Wildman–Crippen MR) is 79.5 cm³/mol. The molecule has 1 atom stereocenters. The van der Waals surface area contributed by atoms with Gasteiger partial charge in [0, 0.05) is 22.1 Å². The summed E-state index contributed by atoms with van der Waals surface area (Å²) in [6.45, 7) is 3.94. The van der Waals surface area contributed by atoms with Crippen LogP contribution in [0.5, 0.6) is 0 Å². The van der Waals surface area contributed by atoms with Crippen molar-refractivity contribution in [3.63, 3.8) is 0 Å². The van der Waals surface area contributed by atoms with Gasteiger partial charge in [-0.15, -0.1) is 0 Å². The molecule has 0 saturated carbocycles. The second-order valence-electron chi connectivity index (χ2n) is 4.66. The van der Waals surface area contributed by atoms with E-state index in [1.165, 1.54) is 5.56 Å². The van der Waals surface area contributed by atoms with Crippen LogP contribution in [0.1, 0.15) is 24.6 Å². The van der Waals surface area contributed by atoms with Crippen molar-refractivity contribution in [3.05, 3.63) is 41.6 Å². The molecule has 2 aromatic rings. The van der Waals surface area contributed by atoms with E-state index in [4.69, 9.17) is 5.11 Å². The lowest BCUT2D eigenvalue weighted by molar-refractivity contribution is -0.136. The van der Waals surface area contributed by atoms with Gasteiger partial charge in [-0.3, -0.25) is 9.78 Å². The summed E-state index contributed by atoms with van der Waals surface area (Å²) >= 11 is 1.67. The SMILES string of the molecule is Cc1cc(CSC(C)CC(=O)O)c2ccccc2n1. The van der Waals surface area contributed by atoms with Gasteiger partial charge in [-0.2, -0.15) is 11.8 Å². The van der Waals surface area contributed by atoms with Gasteiger partial charge >= 0.3 is 5.97 Å². The molecule has 0 aliphatic carbocycles. The number of para-hydroxylation sites is 1. The highest BCUT2D eigenvalue weighted by Crippen LogP contribution is 2.25. The van der Waals surface area contributed by atoms with Crippen LogP contribution in [0.2, 0.25) is 0 Å². The minimum atomic E-state index is -0.740. The van der Waals surface area contributed by atoms with Crippen molar-refractivity contribution >= 4 is 28.6 Å². The van der Waals surface area contributed by atoms with Crippen LogP contribution in [-0.2, 0) is 10.5 Å². The summed E-state index contributed by atoms with van der Waals surface area (Å²) in [5, 5.41) is 10.0. The van der Waals surface area contributed by atoms with E-state index >= 15 is 0 Å². The Morgan fingerprint density at radius 2 is 2.16 bits per heavy atom. The fourth-order valence-electron chi connectivity index (χ4n) is 2.05. The van der Waals surface area contributed by atoms with Crippen LogP contribution in [-0.4, -0.2) is 21.3 Å². The number of carboxylic acids is 1. The van der Waals surface area contributed by atoms with Crippen molar-refractivity contribution < 1.29 is 9.90 Å². The third kappa shape index (κ3) is 3.70. The summed E-state index contributed by atoms with van der Waals surface area (Å²) in [4.78, 5) is 15.2. The first-order chi connectivity index (χ1) is 9.06.